The van der Waals surface area contributed by atoms with Gasteiger partial charge in [-0.2, -0.15) is 0 Å². The highest BCUT2D eigenvalue weighted by Crippen LogP contribution is 2.18. The second kappa shape index (κ2) is 3.04. The van der Waals surface area contributed by atoms with Gasteiger partial charge in [-0.05, 0) is 12.8 Å². The minimum absolute atomic E-state index is 0.0348. The highest BCUT2D eigenvalue weighted by Gasteiger charge is 2.23. The third-order valence-electron chi connectivity index (χ3n) is 1.80. The molecule has 0 spiro atoms. The van der Waals surface area contributed by atoms with Gasteiger partial charge < -0.3 is 11.1 Å². The van der Waals surface area contributed by atoms with Crippen molar-refractivity contribution in [3.05, 3.63) is 6.20 Å². The van der Waals surface area contributed by atoms with E-state index in [0.717, 1.165) is 12.8 Å². The van der Waals surface area contributed by atoms with Gasteiger partial charge in [-0.25, -0.2) is 4.68 Å². The van der Waals surface area contributed by atoms with E-state index in [1.54, 1.807) is 0 Å². The number of aromatic nitrogens is 3. The first kappa shape index (κ1) is 8.03. The molecule has 6 heteroatoms. The van der Waals surface area contributed by atoms with Crippen LogP contribution >= 0.6 is 0 Å². The molecule has 0 atom stereocenters. The van der Waals surface area contributed by atoms with Crippen LogP contribution in [0.15, 0.2) is 6.20 Å². The average Bonchev–Trinajstić information content (AvgIpc) is 2.76. The third kappa shape index (κ3) is 2.17. The molecule has 0 aliphatic heterocycles. The predicted octanol–water partition coefficient (Wildman–Crippen LogP) is -0.861. The number of amides is 1. The molecule has 13 heavy (non-hydrogen) atoms. The van der Waals surface area contributed by atoms with Gasteiger partial charge in [0.15, 0.2) is 5.82 Å². The van der Waals surface area contributed by atoms with Crippen LogP contribution in [0.1, 0.15) is 12.8 Å². The summed E-state index contributed by atoms with van der Waals surface area (Å²) in [7, 11) is 0. The van der Waals surface area contributed by atoms with Crippen LogP contribution in [0, 0.1) is 0 Å². The standard InChI is InChI=1S/C7H11N5O/c8-6-3-12(11-10-6)4-7(13)9-5-1-2-5/h3,5H,1-2,4,8H2,(H,9,13). The van der Waals surface area contributed by atoms with Gasteiger partial charge in [-0.3, -0.25) is 4.79 Å². The maximum atomic E-state index is 11.2. The van der Waals surface area contributed by atoms with Crippen LogP contribution in [0.4, 0.5) is 5.82 Å². The van der Waals surface area contributed by atoms with Crippen LogP contribution < -0.4 is 11.1 Å². The van der Waals surface area contributed by atoms with Gasteiger partial charge in [0.25, 0.3) is 0 Å². The highest BCUT2D eigenvalue weighted by atomic mass is 16.2. The highest BCUT2D eigenvalue weighted by molar-refractivity contribution is 5.76. The van der Waals surface area contributed by atoms with Crippen molar-refractivity contribution in [2.75, 3.05) is 5.73 Å². The van der Waals surface area contributed by atoms with E-state index in [1.165, 1.54) is 10.9 Å². The molecule has 1 aliphatic carbocycles. The molecule has 70 valence electrons. The molecule has 1 heterocycles. The molecule has 0 aromatic carbocycles. The molecule has 2 rings (SSSR count). The molecule has 0 radical (unpaired) electrons. The Morgan fingerprint density at radius 1 is 1.77 bits per heavy atom. The van der Waals surface area contributed by atoms with Crippen molar-refractivity contribution in [3.63, 3.8) is 0 Å². The zero-order chi connectivity index (χ0) is 9.26. The molecule has 0 unspecified atom stereocenters. The fourth-order valence-electron chi connectivity index (χ4n) is 1.04. The molecular weight excluding hydrogens is 170 g/mol. The minimum Gasteiger partial charge on any atom is -0.381 e. The summed E-state index contributed by atoms with van der Waals surface area (Å²) in [6, 6.07) is 0.383. The molecule has 0 saturated heterocycles. The Labute approximate surface area is 75.1 Å². The number of rotatable bonds is 3. The molecule has 0 bridgehead atoms. The molecule has 1 amide bonds. The maximum absolute atomic E-state index is 11.2. The maximum Gasteiger partial charge on any atom is 0.242 e. The first-order valence-corrected chi connectivity index (χ1v) is 4.19. The fourth-order valence-corrected chi connectivity index (χ4v) is 1.04. The summed E-state index contributed by atoms with van der Waals surface area (Å²) in [5, 5.41) is 10.1. The average molecular weight is 181 g/mol. The lowest BCUT2D eigenvalue weighted by atomic mass is 10.5. The van der Waals surface area contributed by atoms with Gasteiger partial charge >= 0.3 is 0 Å². The molecule has 1 fully saturated rings. The van der Waals surface area contributed by atoms with E-state index in [4.69, 9.17) is 5.73 Å². The van der Waals surface area contributed by atoms with E-state index in [0.29, 0.717) is 11.9 Å². The molecule has 1 aromatic rings. The lowest BCUT2D eigenvalue weighted by Gasteiger charge is -2.01. The van der Waals surface area contributed by atoms with Crippen LogP contribution in [-0.4, -0.2) is 26.9 Å². The monoisotopic (exact) mass is 181 g/mol. The number of nitrogens with zero attached hydrogens (tertiary/aromatic N) is 3. The Morgan fingerprint density at radius 3 is 3.08 bits per heavy atom. The first-order chi connectivity index (χ1) is 6.24. The van der Waals surface area contributed by atoms with Gasteiger partial charge in [-0.1, -0.05) is 5.21 Å². The van der Waals surface area contributed by atoms with Crippen LogP contribution in [-0.2, 0) is 11.3 Å². The number of carbonyl (C=O) groups excluding carboxylic acids is 1. The minimum atomic E-state index is -0.0348. The van der Waals surface area contributed by atoms with E-state index >= 15 is 0 Å². The number of carbonyl (C=O) groups is 1. The van der Waals surface area contributed by atoms with E-state index in [2.05, 4.69) is 15.6 Å². The Hall–Kier alpha value is -1.59. The summed E-state index contributed by atoms with van der Waals surface area (Å²) in [6.45, 7) is 0.195. The number of nitrogen functional groups attached to an aromatic ring is 1. The summed E-state index contributed by atoms with van der Waals surface area (Å²) in [5.41, 5.74) is 5.34. The third-order valence-corrected chi connectivity index (χ3v) is 1.80. The summed E-state index contributed by atoms with van der Waals surface area (Å²) >= 11 is 0. The smallest absolute Gasteiger partial charge is 0.242 e. The van der Waals surface area contributed by atoms with E-state index < -0.39 is 0 Å². The van der Waals surface area contributed by atoms with Crippen LogP contribution in [0.5, 0.6) is 0 Å². The van der Waals surface area contributed by atoms with Crippen molar-refractivity contribution in [1.29, 1.82) is 0 Å². The Balaban J connectivity index is 1.85. The first-order valence-electron chi connectivity index (χ1n) is 4.19. The van der Waals surface area contributed by atoms with Crippen molar-refractivity contribution >= 4 is 11.7 Å². The summed E-state index contributed by atoms with van der Waals surface area (Å²) in [5.74, 6) is 0.298. The van der Waals surface area contributed by atoms with Gasteiger partial charge in [0, 0.05) is 6.04 Å². The SMILES string of the molecule is Nc1cn(CC(=O)NC2CC2)nn1. The molecule has 1 aromatic heterocycles. The second-order valence-corrected chi connectivity index (χ2v) is 3.18. The lowest BCUT2D eigenvalue weighted by molar-refractivity contribution is -0.122. The Morgan fingerprint density at radius 2 is 2.54 bits per heavy atom. The molecule has 1 saturated carbocycles. The predicted molar refractivity (Wildman–Crippen MR) is 45.6 cm³/mol. The van der Waals surface area contributed by atoms with Gasteiger partial charge in [0.05, 0.1) is 6.20 Å². The summed E-state index contributed by atoms with van der Waals surface area (Å²) in [6.07, 6.45) is 3.71. The van der Waals surface area contributed by atoms with Crippen molar-refractivity contribution in [1.82, 2.24) is 20.3 Å². The van der Waals surface area contributed by atoms with Crippen molar-refractivity contribution < 1.29 is 4.79 Å². The van der Waals surface area contributed by atoms with Gasteiger partial charge in [-0.15, -0.1) is 5.10 Å². The van der Waals surface area contributed by atoms with Crippen molar-refractivity contribution in [3.8, 4) is 0 Å². The normalized spacial score (nSPS) is 15.7. The zero-order valence-corrected chi connectivity index (χ0v) is 7.10. The largest absolute Gasteiger partial charge is 0.381 e. The number of hydrogen-bond donors (Lipinski definition) is 2. The Kier molecular flexibility index (Phi) is 1.88. The number of nitrogens with one attached hydrogen (secondary N) is 1. The van der Waals surface area contributed by atoms with Crippen molar-refractivity contribution in [2.24, 2.45) is 0 Å². The van der Waals surface area contributed by atoms with Crippen LogP contribution in [0.2, 0.25) is 0 Å². The molecule has 6 nitrogen and oxygen atoms in total. The topological polar surface area (TPSA) is 85.8 Å². The van der Waals surface area contributed by atoms with Gasteiger partial charge in [0.1, 0.15) is 6.54 Å². The Bertz CT molecular complexity index is 316. The number of nitrogens with two attached hydrogens (primary N) is 1. The second-order valence-electron chi connectivity index (χ2n) is 3.18. The van der Waals surface area contributed by atoms with E-state index in [-0.39, 0.29) is 12.5 Å². The van der Waals surface area contributed by atoms with Crippen LogP contribution in [0.3, 0.4) is 0 Å². The molecule has 3 N–H and O–H groups in total. The molecule has 1 aliphatic rings. The van der Waals surface area contributed by atoms with E-state index in [9.17, 15) is 4.79 Å². The fraction of sp³-hybridized carbons (Fsp3) is 0.571. The van der Waals surface area contributed by atoms with Crippen molar-refractivity contribution in [2.45, 2.75) is 25.4 Å². The van der Waals surface area contributed by atoms with Gasteiger partial charge in [0.2, 0.25) is 5.91 Å². The summed E-state index contributed by atoms with van der Waals surface area (Å²) < 4.78 is 1.42. The summed E-state index contributed by atoms with van der Waals surface area (Å²) in [4.78, 5) is 11.2. The van der Waals surface area contributed by atoms with Crippen LogP contribution in [0.25, 0.3) is 0 Å². The number of anilines is 1. The quantitative estimate of drug-likeness (QED) is 0.635. The van der Waals surface area contributed by atoms with E-state index in [1.807, 2.05) is 0 Å². The molecular formula is C7H11N5O. The zero-order valence-electron chi connectivity index (χ0n) is 7.10. The number of hydrogen-bond acceptors (Lipinski definition) is 4. The lowest BCUT2D eigenvalue weighted by Crippen LogP contribution is -2.29.